The lowest BCUT2D eigenvalue weighted by molar-refractivity contribution is 0.0948. The van der Waals surface area contributed by atoms with Gasteiger partial charge in [0.2, 0.25) is 0 Å². The van der Waals surface area contributed by atoms with Gasteiger partial charge in [-0.05, 0) is 31.4 Å². The third-order valence-electron chi connectivity index (χ3n) is 4.28. The van der Waals surface area contributed by atoms with Crippen molar-refractivity contribution >= 4 is 11.6 Å². The molecule has 1 heterocycles. The first-order valence-corrected chi connectivity index (χ1v) is 8.80. The Morgan fingerprint density at radius 1 is 1.23 bits per heavy atom. The van der Waals surface area contributed by atoms with Crippen molar-refractivity contribution in [3.63, 3.8) is 0 Å². The number of hydrogen-bond acceptors (Lipinski definition) is 3. The van der Waals surface area contributed by atoms with Crippen molar-refractivity contribution in [2.45, 2.75) is 70.8 Å². The molecule has 4 heteroatoms. The van der Waals surface area contributed by atoms with Gasteiger partial charge in [0.05, 0.1) is 0 Å². The molecule has 2 rings (SSSR count). The maximum absolute atomic E-state index is 12.1. The molecule has 1 aromatic rings. The summed E-state index contributed by atoms with van der Waals surface area (Å²) in [5, 5.41) is 6.52. The minimum atomic E-state index is -0.0689. The second-order valence-electron chi connectivity index (χ2n) is 6.23. The second-order valence-corrected chi connectivity index (χ2v) is 6.23. The fourth-order valence-electron chi connectivity index (χ4n) is 2.97. The van der Waals surface area contributed by atoms with Gasteiger partial charge in [0.15, 0.2) is 0 Å². The molecular weight excluding hydrogens is 274 g/mol. The molecule has 0 aliphatic heterocycles. The summed E-state index contributed by atoms with van der Waals surface area (Å²) in [4.78, 5) is 16.3. The first-order valence-electron chi connectivity index (χ1n) is 8.80. The highest BCUT2D eigenvalue weighted by Crippen LogP contribution is 2.21. The van der Waals surface area contributed by atoms with Crippen LogP contribution in [0.4, 0.5) is 5.69 Å². The number of carbonyl (C=O) groups is 1. The fraction of sp³-hybridized carbons (Fsp3) is 0.667. The van der Waals surface area contributed by atoms with Crippen LogP contribution in [0.3, 0.4) is 0 Å². The van der Waals surface area contributed by atoms with Crippen LogP contribution >= 0.6 is 0 Å². The van der Waals surface area contributed by atoms with Gasteiger partial charge in [-0.25, -0.2) is 0 Å². The van der Waals surface area contributed by atoms with Crippen molar-refractivity contribution in [2.75, 3.05) is 11.9 Å². The summed E-state index contributed by atoms with van der Waals surface area (Å²) < 4.78 is 0. The highest BCUT2D eigenvalue weighted by atomic mass is 16.1. The van der Waals surface area contributed by atoms with Crippen molar-refractivity contribution in [1.82, 2.24) is 10.3 Å². The van der Waals surface area contributed by atoms with E-state index in [2.05, 4.69) is 22.5 Å². The number of hydrogen-bond donors (Lipinski definition) is 2. The molecule has 0 spiro atoms. The molecule has 0 unspecified atom stereocenters. The number of pyridine rings is 1. The zero-order valence-electron chi connectivity index (χ0n) is 13.7. The zero-order chi connectivity index (χ0) is 15.6. The molecule has 2 N–H and O–H groups in total. The summed E-state index contributed by atoms with van der Waals surface area (Å²) in [6.07, 6.45) is 12.8. The van der Waals surface area contributed by atoms with Crippen LogP contribution in [0.2, 0.25) is 0 Å². The van der Waals surface area contributed by atoms with Crippen molar-refractivity contribution in [1.29, 1.82) is 0 Å². The smallest absolute Gasteiger partial charge is 0.269 e. The lowest BCUT2D eigenvalue weighted by atomic mass is 10.1. The molecule has 0 atom stereocenters. The van der Waals surface area contributed by atoms with Crippen LogP contribution in [0.5, 0.6) is 0 Å². The Hall–Kier alpha value is -1.58. The van der Waals surface area contributed by atoms with Gasteiger partial charge in [-0.3, -0.25) is 9.78 Å². The lowest BCUT2D eigenvalue weighted by Gasteiger charge is -2.17. The maximum atomic E-state index is 12.1. The van der Waals surface area contributed by atoms with E-state index in [1.54, 1.807) is 6.20 Å². The highest BCUT2D eigenvalue weighted by Gasteiger charge is 2.13. The molecule has 1 aromatic heterocycles. The summed E-state index contributed by atoms with van der Waals surface area (Å²) >= 11 is 0. The molecule has 4 nitrogen and oxygen atoms in total. The van der Waals surface area contributed by atoms with Crippen LogP contribution in [0.25, 0.3) is 0 Å². The van der Waals surface area contributed by atoms with Gasteiger partial charge in [-0.15, -0.1) is 0 Å². The first kappa shape index (κ1) is 16.8. The van der Waals surface area contributed by atoms with Crippen molar-refractivity contribution in [3.8, 4) is 0 Å². The SMILES string of the molecule is CCCCCNC(=O)c1cc(NC2CCCCCC2)ccn1. The normalized spacial score (nSPS) is 16.0. The zero-order valence-corrected chi connectivity index (χ0v) is 13.7. The second kappa shape index (κ2) is 9.44. The number of nitrogens with zero attached hydrogens (tertiary/aromatic N) is 1. The summed E-state index contributed by atoms with van der Waals surface area (Å²) in [6, 6.07) is 4.36. The number of unbranched alkanes of at least 4 members (excludes halogenated alkanes) is 2. The van der Waals surface area contributed by atoms with E-state index in [0.717, 1.165) is 31.5 Å². The van der Waals surface area contributed by atoms with Crippen LogP contribution in [0.15, 0.2) is 18.3 Å². The molecule has 122 valence electrons. The third-order valence-corrected chi connectivity index (χ3v) is 4.28. The van der Waals surface area contributed by atoms with Gasteiger partial charge in [0, 0.05) is 24.5 Å². The average Bonchev–Trinajstić information content (AvgIpc) is 2.80. The van der Waals surface area contributed by atoms with E-state index >= 15 is 0 Å². The van der Waals surface area contributed by atoms with Gasteiger partial charge < -0.3 is 10.6 Å². The molecule has 1 saturated carbocycles. The number of amides is 1. The number of anilines is 1. The Kier molecular flexibility index (Phi) is 7.20. The molecule has 0 saturated heterocycles. The molecular formula is C18H29N3O. The monoisotopic (exact) mass is 303 g/mol. The van der Waals surface area contributed by atoms with Crippen LogP contribution in [-0.2, 0) is 0 Å². The molecule has 1 aliphatic rings. The van der Waals surface area contributed by atoms with Gasteiger partial charge in [0.1, 0.15) is 5.69 Å². The predicted molar refractivity (Wildman–Crippen MR) is 91.2 cm³/mol. The van der Waals surface area contributed by atoms with E-state index in [1.807, 2.05) is 12.1 Å². The van der Waals surface area contributed by atoms with E-state index in [4.69, 9.17) is 0 Å². The Morgan fingerprint density at radius 3 is 2.73 bits per heavy atom. The number of aromatic nitrogens is 1. The minimum absolute atomic E-state index is 0.0689. The standard InChI is InChI=1S/C18H29N3O/c1-2-3-8-12-20-18(22)17-14-16(11-13-19-17)21-15-9-6-4-5-7-10-15/h11,13-15H,2-10,12H2,1H3,(H,19,21)(H,20,22). The maximum Gasteiger partial charge on any atom is 0.269 e. The van der Waals surface area contributed by atoms with Gasteiger partial charge in [-0.1, -0.05) is 45.4 Å². The van der Waals surface area contributed by atoms with E-state index in [1.165, 1.54) is 38.5 Å². The fourth-order valence-corrected chi connectivity index (χ4v) is 2.97. The largest absolute Gasteiger partial charge is 0.382 e. The summed E-state index contributed by atoms with van der Waals surface area (Å²) in [6.45, 7) is 2.89. The van der Waals surface area contributed by atoms with E-state index < -0.39 is 0 Å². The Morgan fingerprint density at radius 2 is 2.00 bits per heavy atom. The molecule has 0 radical (unpaired) electrons. The van der Waals surface area contributed by atoms with E-state index in [9.17, 15) is 4.79 Å². The van der Waals surface area contributed by atoms with Crippen molar-refractivity contribution < 1.29 is 4.79 Å². The van der Waals surface area contributed by atoms with Crippen molar-refractivity contribution in [2.24, 2.45) is 0 Å². The molecule has 0 bridgehead atoms. The van der Waals surface area contributed by atoms with Gasteiger partial charge in [0.25, 0.3) is 5.91 Å². The minimum Gasteiger partial charge on any atom is -0.382 e. The Balaban J connectivity index is 1.87. The molecule has 1 amide bonds. The lowest BCUT2D eigenvalue weighted by Crippen LogP contribution is -2.25. The molecule has 22 heavy (non-hydrogen) atoms. The summed E-state index contributed by atoms with van der Waals surface area (Å²) in [5.74, 6) is -0.0689. The van der Waals surface area contributed by atoms with Crippen molar-refractivity contribution in [3.05, 3.63) is 24.0 Å². The first-order chi connectivity index (χ1) is 10.8. The summed E-state index contributed by atoms with van der Waals surface area (Å²) in [7, 11) is 0. The Labute approximate surface area is 134 Å². The van der Waals surface area contributed by atoms with Gasteiger partial charge in [-0.2, -0.15) is 0 Å². The molecule has 1 fully saturated rings. The molecule has 1 aliphatic carbocycles. The predicted octanol–water partition coefficient (Wildman–Crippen LogP) is 4.14. The van der Waals surface area contributed by atoms with E-state index in [-0.39, 0.29) is 5.91 Å². The van der Waals surface area contributed by atoms with Crippen LogP contribution in [-0.4, -0.2) is 23.5 Å². The van der Waals surface area contributed by atoms with E-state index in [0.29, 0.717) is 11.7 Å². The number of carbonyl (C=O) groups excluding carboxylic acids is 1. The average molecular weight is 303 g/mol. The van der Waals surface area contributed by atoms with Crippen LogP contribution in [0, 0.1) is 0 Å². The Bertz CT molecular complexity index is 453. The van der Waals surface area contributed by atoms with Crippen LogP contribution in [0.1, 0.15) is 75.2 Å². The summed E-state index contributed by atoms with van der Waals surface area (Å²) in [5.41, 5.74) is 1.52. The van der Waals surface area contributed by atoms with Gasteiger partial charge >= 0.3 is 0 Å². The number of nitrogens with one attached hydrogen (secondary N) is 2. The van der Waals surface area contributed by atoms with Crippen LogP contribution < -0.4 is 10.6 Å². The topological polar surface area (TPSA) is 54.0 Å². The highest BCUT2D eigenvalue weighted by molar-refractivity contribution is 5.93. The molecule has 0 aromatic carbocycles. The third kappa shape index (κ3) is 5.66. The quantitative estimate of drug-likeness (QED) is 0.588. The number of rotatable bonds is 7.